The number of benzene rings is 2. The molecule has 1 aliphatic carbocycles. The molecule has 5 rings (SSSR count). The fraction of sp³-hybridized carbons (Fsp3) is 0.385. The van der Waals surface area contributed by atoms with Crippen LogP contribution in [0, 0.1) is 22.0 Å². The Labute approximate surface area is 210 Å². The highest BCUT2D eigenvalue weighted by Gasteiger charge is 2.48. The number of nitrogens with zero attached hydrogens (tertiary/aromatic N) is 3. The minimum absolute atomic E-state index is 0.0622. The molecule has 194 valence electrons. The molecule has 0 radical (unpaired) electrons. The number of aliphatic hydroxyl groups is 1. The lowest BCUT2D eigenvalue weighted by atomic mass is 9.83. The van der Waals surface area contributed by atoms with Crippen LogP contribution >= 0.6 is 0 Å². The summed E-state index contributed by atoms with van der Waals surface area (Å²) >= 11 is 0. The number of fused-ring (bicyclic) bond motifs is 1. The van der Waals surface area contributed by atoms with Gasteiger partial charge in [0.15, 0.2) is 0 Å². The Bertz CT molecular complexity index is 1270. The molecule has 2 amide bonds. The maximum absolute atomic E-state index is 13.1. The second-order valence-electron chi connectivity index (χ2n) is 9.70. The summed E-state index contributed by atoms with van der Waals surface area (Å²) in [4.78, 5) is 39.9. The van der Waals surface area contributed by atoms with E-state index < -0.39 is 34.1 Å². The molecule has 2 heterocycles. The third-order valence-corrected chi connectivity index (χ3v) is 7.58. The van der Waals surface area contributed by atoms with Crippen molar-refractivity contribution >= 4 is 28.9 Å². The zero-order valence-corrected chi connectivity index (χ0v) is 19.6. The Morgan fingerprint density at radius 1 is 0.973 bits per heavy atom. The van der Waals surface area contributed by atoms with E-state index in [0.29, 0.717) is 12.8 Å². The summed E-state index contributed by atoms with van der Waals surface area (Å²) in [5.74, 6) is -1.67. The van der Waals surface area contributed by atoms with Crippen LogP contribution in [0.1, 0.15) is 36.8 Å². The van der Waals surface area contributed by atoms with Crippen molar-refractivity contribution in [3.8, 4) is 0 Å². The minimum Gasteiger partial charge on any atom is -0.385 e. The molecule has 2 unspecified atom stereocenters. The van der Waals surface area contributed by atoms with E-state index in [2.05, 4.69) is 0 Å². The average Bonchev–Trinajstić information content (AvgIpc) is 3.14. The number of hydrogen-bond acceptors (Lipinski definition) is 6. The Kier molecular flexibility index (Phi) is 6.06. The van der Waals surface area contributed by atoms with Gasteiger partial charge < -0.3 is 10.0 Å². The summed E-state index contributed by atoms with van der Waals surface area (Å²) < 4.78 is 39.4. The largest absolute Gasteiger partial charge is 0.416 e. The van der Waals surface area contributed by atoms with Gasteiger partial charge >= 0.3 is 6.18 Å². The van der Waals surface area contributed by atoms with Crippen molar-refractivity contribution in [2.24, 2.45) is 11.8 Å². The van der Waals surface area contributed by atoms with Crippen LogP contribution in [0.3, 0.4) is 0 Å². The zero-order chi connectivity index (χ0) is 26.5. The van der Waals surface area contributed by atoms with Gasteiger partial charge in [0.2, 0.25) is 11.8 Å². The number of rotatable bonds is 4. The first-order valence-electron chi connectivity index (χ1n) is 12.0. The summed E-state index contributed by atoms with van der Waals surface area (Å²) in [5.41, 5.74) is -2.13. The van der Waals surface area contributed by atoms with E-state index in [1.807, 2.05) is 12.2 Å². The predicted molar refractivity (Wildman–Crippen MR) is 128 cm³/mol. The Hall–Kier alpha value is -3.73. The zero-order valence-electron chi connectivity index (χ0n) is 19.6. The highest BCUT2D eigenvalue weighted by Crippen LogP contribution is 2.42. The standard InChI is InChI=1S/C26H24F3N3O5/c27-26(28,29)17-5-3-4-16(14-17)25(35)10-12-30(13-11-25)21-9-8-18(15-22(21)32(36)37)31-23(33)19-6-1-2-7-20(19)24(31)34/h1-5,8-9,14-15,19-20,35H,6-7,10-13H2. The van der Waals surface area contributed by atoms with E-state index >= 15 is 0 Å². The van der Waals surface area contributed by atoms with Crippen molar-refractivity contribution < 1.29 is 32.8 Å². The molecule has 2 aliphatic heterocycles. The van der Waals surface area contributed by atoms with Crippen molar-refractivity contribution in [3.05, 3.63) is 75.9 Å². The van der Waals surface area contributed by atoms with Gasteiger partial charge in [0.05, 0.1) is 33.6 Å². The molecule has 11 heteroatoms. The Morgan fingerprint density at radius 3 is 2.16 bits per heavy atom. The second-order valence-corrected chi connectivity index (χ2v) is 9.70. The molecule has 2 atom stereocenters. The van der Waals surface area contributed by atoms with Gasteiger partial charge in [0.25, 0.3) is 5.69 Å². The van der Waals surface area contributed by atoms with Crippen molar-refractivity contribution in [2.45, 2.75) is 37.5 Å². The number of imide groups is 1. The number of nitro benzene ring substituents is 1. The highest BCUT2D eigenvalue weighted by molar-refractivity contribution is 6.22. The molecule has 2 saturated heterocycles. The molecule has 0 bridgehead atoms. The number of carbonyl (C=O) groups excluding carboxylic acids is 2. The van der Waals surface area contributed by atoms with Gasteiger partial charge in [-0.05, 0) is 55.5 Å². The number of anilines is 2. The lowest BCUT2D eigenvalue weighted by Crippen LogP contribution is -2.43. The van der Waals surface area contributed by atoms with E-state index in [-0.39, 0.29) is 60.4 Å². The van der Waals surface area contributed by atoms with Gasteiger partial charge in [-0.25, -0.2) is 4.90 Å². The normalized spacial score (nSPS) is 23.4. The third kappa shape index (κ3) is 4.37. The molecule has 0 aromatic heterocycles. The molecule has 2 aromatic rings. The highest BCUT2D eigenvalue weighted by atomic mass is 19.4. The van der Waals surface area contributed by atoms with E-state index in [1.165, 1.54) is 30.3 Å². The fourth-order valence-electron chi connectivity index (χ4n) is 5.51. The number of halogens is 3. The molecule has 8 nitrogen and oxygen atoms in total. The van der Waals surface area contributed by atoms with Gasteiger partial charge in [-0.3, -0.25) is 19.7 Å². The third-order valence-electron chi connectivity index (χ3n) is 7.58. The number of amides is 2. The van der Waals surface area contributed by atoms with Crippen LogP contribution in [0.2, 0.25) is 0 Å². The summed E-state index contributed by atoms with van der Waals surface area (Å²) in [6.45, 7) is 0.314. The first kappa shape index (κ1) is 24.9. The predicted octanol–water partition coefficient (Wildman–Crippen LogP) is 4.56. The molecule has 37 heavy (non-hydrogen) atoms. The van der Waals surface area contributed by atoms with E-state index in [9.17, 15) is 38.0 Å². The van der Waals surface area contributed by atoms with Gasteiger partial charge in [0, 0.05) is 19.2 Å². The molecular formula is C26H24F3N3O5. The average molecular weight is 515 g/mol. The van der Waals surface area contributed by atoms with Crippen LogP contribution in [0.15, 0.2) is 54.6 Å². The smallest absolute Gasteiger partial charge is 0.385 e. The molecule has 3 aliphatic rings. The SMILES string of the molecule is O=C1C2CC=CCC2C(=O)N1c1ccc(N2CCC(O)(c3cccc(C(F)(F)F)c3)CC2)c([N+](=O)[O-])c1. The lowest BCUT2D eigenvalue weighted by molar-refractivity contribution is -0.384. The summed E-state index contributed by atoms with van der Waals surface area (Å²) in [6, 6.07) is 8.75. The van der Waals surface area contributed by atoms with Crippen molar-refractivity contribution in [1.82, 2.24) is 0 Å². The van der Waals surface area contributed by atoms with Gasteiger partial charge in [-0.15, -0.1) is 0 Å². The first-order chi connectivity index (χ1) is 17.5. The monoisotopic (exact) mass is 515 g/mol. The number of alkyl halides is 3. The summed E-state index contributed by atoms with van der Waals surface area (Å²) in [6.07, 6.45) is 0.209. The summed E-state index contributed by atoms with van der Waals surface area (Å²) in [5, 5.41) is 23.1. The Morgan fingerprint density at radius 2 is 1.59 bits per heavy atom. The summed E-state index contributed by atoms with van der Waals surface area (Å²) in [7, 11) is 0. The number of hydrogen-bond donors (Lipinski definition) is 1. The Balaban J connectivity index is 1.38. The maximum Gasteiger partial charge on any atom is 0.416 e. The van der Waals surface area contributed by atoms with Crippen LogP contribution in [0.4, 0.5) is 30.2 Å². The first-order valence-corrected chi connectivity index (χ1v) is 12.0. The lowest BCUT2D eigenvalue weighted by Gasteiger charge is -2.39. The van der Waals surface area contributed by atoms with Crippen LogP contribution < -0.4 is 9.80 Å². The van der Waals surface area contributed by atoms with Gasteiger partial charge in [0.1, 0.15) is 5.69 Å². The molecule has 1 N–H and O–H groups in total. The number of nitro groups is 1. The topological polar surface area (TPSA) is 104 Å². The maximum atomic E-state index is 13.1. The van der Waals surface area contributed by atoms with Crippen LogP contribution in [-0.2, 0) is 21.4 Å². The van der Waals surface area contributed by atoms with Crippen molar-refractivity contribution in [1.29, 1.82) is 0 Å². The molecular weight excluding hydrogens is 491 g/mol. The molecule has 2 fully saturated rings. The molecule has 2 aromatic carbocycles. The van der Waals surface area contributed by atoms with E-state index in [0.717, 1.165) is 17.0 Å². The fourth-order valence-corrected chi connectivity index (χ4v) is 5.51. The van der Waals surface area contributed by atoms with Gasteiger partial charge in [-0.1, -0.05) is 24.3 Å². The van der Waals surface area contributed by atoms with Crippen molar-refractivity contribution in [2.75, 3.05) is 22.9 Å². The molecule has 0 spiro atoms. The van der Waals surface area contributed by atoms with Crippen LogP contribution in [0.5, 0.6) is 0 Å². The van der Waals surface area contributed by atoms with E-state index in [1.54, 1.807) is 4.90 Å². The van der Waals surface area contributed by atoms with Gasteiger partial charge in [-0.2, -0.15) is 13.2 Å². The minimum atomic E-state index is -4.54. The van der Waals surface area contributed by atoms with E-state index in [4.69, 9.17) is 0 Å². The van der Waals surface area contributed by atoms with Crippen molar-refractivity contribution in [3.63, 3.8) is 0 Å². The van der Waals surface area contributed by atoms with Crippen LogP contribution in [0.25, 0.3) is 0 Å². The second kappa shape index (κ2) is 8.98. The number of piperidine rings is 1. The number of carbonyl (C=O) groups is 2. The molecule has 0 saturated carbocycles. The number of allylic oxidation sites excluding steroid dienone is 2. The quantitative estimate of drug-likeness (QED) is 0.277. The van der Waals surface area contributed by atoms with Crippen LogP contribution in [-0.4, -0.2) is 34.9 Å².